The normalized spacial score (nSPS) is 16.8. The summed E-state index contributed by atoms with van der Waals surface area (Å²) in [5.74, 6) is 0.395. The Hall–Kier alpha value is -1.14. The van der Waals surface area contributed by atoms with Crippen LogP contribution in [0.1, 0.15) is 51.9 Å². The zero-order chi connectivity index (χ0) is 17.8. The van der Waals surface area contributed by atoms with Crippen molar-refractivity contribution in [3.8, 4) is 0 Å². The molecular formula is C18H35N3O3. The van der Waals surface area contributed by atoms with Crippen molar-refractivity contribution < 1.29 is 14.3 Å². The van der Waals surface area contributed by atoms with Crippen molar-refractivity contribution in [1.29, 1.82) is 0 Å². The summed E-state index contributed by atoms with van der Waals surface area (Å²) in [4.78, 5) is 26.2. The average Bonchev–Trinajstić information content (AvgIpc) is 2.57. The number of carbonyl (C=O) groups is 2. The Morgan fingerprint density at radius 1 is 1.21 bits per heavy atom. The van der Waals surface area contributed by atoms with Gasteiger partial charge in [-0.2, -0.15) is 0 Å². The SMILES string of the molecule is COCCN(C)CCCNC(=O)[C@@H](C)NC(=O)CC1CCCCC1. The maximum absolute atomic E-state index is 12.0. The molecule has 24 heavy (non-hydrogen) atoms. The van der Waals surface area contributed by atoms with E-state index in [-0.39, 0.29) is 11.8 Å². The smallest absolute Gasteiger partial charge is 0.242 e. The lowest BCUT2D eigenvalue weighted by molar-refractivity contribution is -0.129. The predicted octanol–water partition coefficient (Wildman–Crippen LogP) is 1.55. The van der Waals surface area contributed by atoms with Crippen molar-refractivity contribution in [3.05, 3.63) is 0 Å². The van der Waals surface area contributed by atoms with Gasteiger partial charge in [-0.05, 0) is 45.7 Å². The fourth-order valence-corrected chi connectivity index (χ4v) is 3.09. The van der Waals surface area contributed by atoms with Gasteiger partial charge < -0.3 is 20.3 Å². The van der Waals surface area contributed by atoms with Crippen molar-refractivity contribution in [2.45, 2.75) is 57.9 Å². The summed E-state index contributed by atoms with van der Waals surface area (Å²) in [6.45, 7) is 4.88. The van der Waals surface area contributed by atoms with Gasteiger partial charge in [0.2, 0.25) is 11.8 Å². The van der Waals surface area contributed by atoms with Gasteiger partial charge in [-0.3, -0.25) is 9.59 Å². The van der Waals surface area contributed by atoms with E-state index in [9.17, 15) is 9.59 Å². The first-order valence-electron chi connectivity index (χ1n) is 9.27. The Labute approximate surface area is 146 Å². The molecule has 0 heterocycles. The highest BCUT2D eigenvalue weighted by Gasteiger charge is 2.20. The van der Waals surface area contributed by atoms with Crippen LogP contribution < -0.4 is 10.6 Å². The monoisotopic (exact) mass is 341 g/mol. The largest absolute Gasteiger partial charge is 0.383 e. The van der Waals surface area contributed by atoms with E-state index >= 15 is 0 Å². The van der Waals surface area contributed by atoms with Crippen molar-refractivity contribution in [3.63, 3.8) is 0 Å². The third kappa shape index (κ3) is 9.23. The third-order valence-corrected chi connectivity index (χ3v) is 4.66. The molecule has 1 saturated carbocycles. The molecule has 0 aromatic carbocycles. The second-order valence-electron chi connectivity index (χ2n) is 6.94. The first-order valence-corrected chi connectivity index (χ1v) is 9.27. The van der Waals surface area contributed by atoms with Gasteiger partial charge in [-0.1, -0.05) is 19.3 Å². The number of nitrogens with zero attached hydrogens (tertiary/aromatic N) is 1. The molecule has 1 aliphatic carbocycles. The molecule has 0 bridgehead atoms. The lowest BCUT2D eigenvalue weighted by atomic mass is 9.87. The van der Waals surface area contributed by atoms with Crippen LogP contribution in [0, 0.1) is 5.92 Å². The minimum absolute atomic E-state index is 0.00356. The molecule has 6 nitrogen and oxygen atoms in total. The highest BCUT2D eigenvalue weighted by Crippen LogP contribution is 2.26. The van der Waals surface area contributed by atoms with Crippen LogP contribution in [0.15, 0.2) is 0 Å². The second-order valence-corrected chi connectivity index (χ2v) is 6.94. The van der Waals surface area contributed by atoms with Gasteiger partial charge in [0.25, 0.3) is 0 Å². The number of hydrogen-bond acceptors (Lipinski definition) is 4. The predicted molar refractivity (Wildman–Crippen MR) is 95.8 cm³/mol. The fraction of sp³-hybridized carbons (Fsp3) is 0.889. The van der Waals surface area contributed by atoms with E-state index in [0.717, 1.165) is 32.4 Å². The van der Waals surface area contributed by atoms with Gasteiger partial charge in [0.15, 0.2) is 0 Å². The van der Waals surface area contributed by atoms with E-state index < -0.39 is 6.04 Å². The maximum Gasteiger partial charge on any atom is 0.242 e. The van der Waals surface area contributed by atoms with Crippen LogP contribution in [0.3, 0.4) is 0 Å². The molecule has 6 heteroatoms. The quantitative estimate of drug-likeness (QED) is 0.559. The molecule has 0 unspecified atom stereocenters. The second kappa shape index (κ2) is 12.3. The van der Waals surface area contributed by atoms with Gasteiger partial charge in [-0.15, -0.1) is 0 Å². The van der Waals surface area contributed by atoms with Crippen LogP contribution in [-0.4, -0.2) is 63.2 Å². The summed E-state index contributed by atoms with van der Waals surface area (Å²) < 4.78 is 5.03. The van der Waals surface area contributed by atoms with Crippen molar-refractivity contribution in [1.82, 2.24) is 15.5 Å². The average molecular weight is 341 g/mol. The molecule has 0 aromatic rings. The Bertz CT molecular complexity index is 371. The number of carbonyl (C=O) groups excluding carboxylic acids is 2. The van der Waals surface area contributed by atoms with Crippen LogP contribution in [0.2, 0.25) is 0 Å². The van der Waals surface area contributed by atoms with E-state index in [0.29, 0.717) is 25.5 Å². The Kier molecular flexibility index (Phi) is 10.7. The molecule has 0 radical (unpaired) electrons. The number of methoxy groups -OCH3 is 1. The summed E-state index contributed by atoms with van der Waals surface area (Å²) in [5, 5.41) is 5.72. The Morgan fingerprint density at radius 2 is 1.92 bits per heavy atom. The molecule has 0 aromatic heterocycles. The molecule has 1 fully saturated rings. The maximum atomic E-state index is 12.0. The van der Waals surface area contributed by atoms with Crippen molar-refractivity contribution >= 4 is 11.8 Å². The lowest BCUT2D eigenvalue weighted by Gasteiger charge is -2.22. The van der Waals surface area contributed by atoms with Gasteiger partial charge in [-0.25, -0.2) is 0 Å². The third-order valence-electron chi connectivity index (χ3n) is 4.66. The molecular weight excluding hydrogens is 306 g/mol. The molecule has 1 atom stereocenters. The van der Waals surface area contributed by atoms with E-state index in [4.69, 9.17) is 4.74 Å². The van der Waals surface area contributed by atoms with Crippen LogP contribution in [0.4, 0.5) is 0 Å². The van der Waals surface area contributed by atoms with Crippen molar-refractivity contribution in [2.75, 3.05) is 40.4 Å². The van der Waals surface area contributed by atoms with Gasteiger partial charge >= 0.3 is 0 Å². The Morgan fingerprint density at radius 3 is 2.58 bits per heavy atom. The topological polar surface area (TPSA) is 70.7 Å². The van der Waals surface area contributed by atoms with E-state index in [2.05, 4.69) is 15.5 Å². The number of likely N-dealkylation sites (N-methyl/N-ethyl adjacent to an activating group) is 1. The summed E-state index contributed by atoms with van der Waals surface area (Å²) in [6.07, 6.45) is 7.48. The molecule has 1 aliphatic rings. The molecule has 0 spiro atoms. The standard InChI is InChI=1S/C18H35N3O3/c1-15(20-17(22)14-16-8-5-4-6-9-16)18(23)19-10-7-11-21(2)12-13-24-3/h15-16H,4-14H2,1-3H3,(H,19,23)(H,20,22)/t15-/m1/s1. The van der Waals surface area contributed by atoms with Crippen LogP contribution in [0.5, 0.6) is 0 Å². The minimum Gasteiger partial charge on any atom is -0.383 e. The fourth-order valence-electron chi connectivity index (χ4n) is 3.09. The van der Waals surface area contributed by atoms with E-state index in [1.165, 1.54) is 19.3 Å². The van der Waals surface area contributed by atoms with E-state index in [1.807, 2.05) is 7.05 Å². The highest BCUT2D eigenvalue weighted by atomic mass is 16.5. The molecule has 2 amide bonds. The minimum atomic E-state index is -0.465. The molecule has 0 saturated heterocycles. The number of hydrogen-bond donors (Lipinski definition) is 2. The summed E-state index contributed by atoms with van der Waals surface area (Å²) in [6, 6.07) is -0.465. The van der Waals surface area contributed by atoms with Gasteiger partial charge in [0, 0.05) is 26.6 Å². The zero-order valence-corrected chi connectivity index (χ0v) is 15.6. The first kappa shape index (κ1) is 20.9. The van der Waals surface area contributed by atoms with Gasteiger partial charge in [0.1, 0.15) is 6.04 Å². The summed E-state index contributed by atoms with van der Waals surface area (Å²) >= 11 is 0. The summed E-state index contributed by atoms with van der Waals surface area (Å²) in [7, 11) is 3.73. The number of nitrogens with one attached hydrogen (secondary N) is 2. The highest BCUT2D eigenvalue weighted by molar-refractivity contribution is 5.87. The van der Waals surface area contributed by atoms with E-state index in [1.54, 1.807) is 14.0 Å². The first-order chi connectivity index (χ1) is 11.5. The van der Waals surface area contributed by atoms with Gasteiger partial charge in [0.05, 0.1) is 6.61 Å². The molecule has 1 rings (SSSR count). The Balaban J connectivity index is 2.11. The van der Waals surface area contributed by atoms with Crippen LogP contribution in [-0.2, 0) is 14.3 Å². The van der Waals surface area contributed by atoms with Crippen LogP contribution >= 0.6 is 0 Å². The molecule has 0 aliphatic heterocycles. The van der Waals surface area contributed by atoms with Crippen molar-refractivity contribution in [2.24, 2.45) is 5.92 Å². The molecule has 2 N–H and O–H groups in total. The number of rotatable bonds is 11. The number of amides is 2. The summed E-state index contributed by atoms with van der Waals surface area (Å²) in [5.41, 5.74) is 0. The lowest BCUT2D eigenvalue weighted by Crippen LogP contribution is -2.45. The number of ether oxygens (including phenoxy) is 1. The molecule has 140 valence electrons. The van der Waals surface area contributed by atoms with Crippen LogP contribution in [0.25, 0.3) is 0 Å². The zero-order valence-electron chi connectivity index (χ0n) is 15.6.